The van der Waals surface area contributed by atoms with Gasteiger partial charge in [-0.05, 0) is 23.8 Å². The monoisotopic (exact) mass is 409 g/mol. The Bertz CT molecular complexity index is 983. The number of morpholine rings is 1. The highest BCUT2D eigenvalue weighted by molar-refractivity contribution is 5.96. The Morgan fingerprint density at radius 1 is 1.20 bits per heavy atom. The molecule has 1 saturated heterocycles. The van der Waals surface area contributed by atoms with Gasteiger partial charge in [-0.25, -0.2) is 4.98 Å². The molecular formula is C21H23N5O4. The molecule has 1 aromatic carbocycles. The Hall–Kier alpha value is -3.46. The first-order valence-electron chi connectivity index (χ1n) is 9.76. The maximum absolute atomic E-state index is 12.7. The van der Waals surface area contributed by atoms with Gasteiger partial charge in [0, 0.05) is 32.8 Å². The SMILES string of the molecule is Cc1nc(COc2ccccc2C(=O)NCc2ccc(N3CCOCC3)nc2)no1. The van der Waals surface area contributed by atoms with E-state index in [4.69, 9.17) is 14.0 Å². The molecule has 3 heterocycles. The van der Waals surface area contributed by atoms with Crippen molar-refractivity contribution in [2.24, 2.45) is 0 Å². The Morgan fingerprint density at radius 2 is 2.03 bits per heavy atom. The van der Waals surface area contributed by atoms with Gasteiger partial charge in [-0.3, -0.25) is 4.79 Å². The third-order valence-electron chi connectivity index (χ3n) is 4.66. The zero-order chi connectivity index (χ0) is 20.8. The Morgan fingerprint density at radius 3 is 2.77 bits per heavy atom. The quantitative estimate of drug-likeness (QED) is 0.633. The van der Waals surface area contributed by atoms with Crippen LogP contribution in [0.5, 0.6) is 5.75 Å². The average molecular weight is 409 g/mol. The van der Waals surface area contributed by atoms with Crippen LogP contribution in [0.4, 0.5) is 5.82 Å². The fraction of sp³-hybridized carbons (Fsp3) is 0.333. The van der Waals surface area contributed by atoms with Crippen molar-refractivity contribution in [3.05, 3.63) is 65.4 Å². The zero-order valence-electron chi connectivity index (χ0n) is 16.7. The second kappa shape index (κ2) is 9.36. The fourth-order valence-corrected chi connectivity index (χ4v) is 3.10. The van der Waals surface area contributed by atoms with E-state index in [1.165, 1.54) is 0 Å². The van der Waals surface area contributed by atoms with Gasteiger partial charge in [0.15, 0.2) is 6.61 Å². The lowest BCUT2D eigenvalue weighted by atomic mass is 10.2. The number of ether oxygens (including phenoxy) is 2. The highest BCUT2D eigenvalue weighted by atomic mass is 16.5. The summed E-state index contributed by atoms with van der Waals surface area (Å²) in [7, 11) is 0. The van der Waals surface area contributed by atoms with Gasteiger partial charge in [0.2, 0.25) is 11.7 Å². The van der Waals surface area contributed by atoms with Gasteiger partial charge in [-0.1, -0.05) is 23.4 Å². The number of anilines is 1. The van der Waals surface area contributed by atoms with Gasteiger partial charge in [-0.2, -0.15) is 4.98 Å². The maximum Gasteiger partial charge on any atom is 0.255 e. The summed E-state index contributed by atoms with van der Waals surface area (Å²) in [5, 5.41) is 6.71. The van der Waals surface area contributed by atoms with E-state index >= 15 is 0 Å². The number of pyridine rings is 1. The van der Waals surface area contributed by atoms with Crippen LogP contribution in [-0.2, 0) is 17.9 Å². The number of hydrogen-bond acceptors (Lipinski definition) is 8. The van der Waals surface area contributed by atoms with Gasteiger partial charge in [0.1, 0.15) is 11.6 Å². The molecule has 0 saturated carbocycles. The summed E-state index contributed by atoms with van der Waals surface area (Å²) in [6.45, 7) is 5.30. The van der Waals surface area contributed by atoms with E-state index in [-0.39, 0.29) is 12.5 Å². The van der Waals surface area contributed by atoms with Crippen LogP contribution in [0.1, 0.15) is 27.6 Å². The van der Waals surface area contributed by atoms with E-state index < -0.39 is 0 Å². The summed E-state index contributed by atoms with van der Waals surface area (Å²) in [6.07, 6.45) is 1.78. The number of aryl methyl sites for hydroxylation is 1. The lowest BCUT2D eigenvalue weighted by Gasteiger charge is -2.27. The largest absolute Gasteiger partial charge is 0.485 e. The van der Waals surface area contributed by atoms with E-state index in [1.54, 1.807) is 31.3 Å². The van der Waals surface area contributed by atoms with Crippen LogP contribution >= 0.6 is 0 Å². The van der Waals surface area contributed by atoms with Crippen molar-refractivity contribution in [2.75, 3.05) is 31.2 Å². The second-order valence-electron chi connectivity index (χ2n) is 6.82. The zero-order valence-corrected chi connectivity index (χ0v) is 16.7. The molecule has 1 fully saturated rings. The fourth-order valence-electron chi connectivity index (χ4n) is 3.10. The number of carbonyl (C=O) groups excluding carboxylic acids is 1. The lowest BCUT2D eigenvalue weighted by Crippen LogP contribution is -2.36. The molecular weight excluding hydrogens is 386 g/mol. The van der Waals surface area contributed by atoms with Crippen molar-refractivity contribution in [2.45, 2.75) is 20.1 Å². The number of nitrogens with zero attached hydrogens (tertiary/aromatic N) is 4. The number of aromatic nitrogens is 3. The van der Waals surface area contributed by atoms with Crippen LogP contribution in [0.3, 0.4) is 0 Å². The molecule has 1 amide bonds. The average Bonchev–Trinajstić information content (AvgIpc) is 3.22. The van der Waals surface area contributed by atoms with Gasteiger partial charge in [0.25, 0.3) is 5.91 Å². The van der Waals surface area contributed by atoms with Crippen molar-refractivity contribution >= 4 is 11.7 Å². The highest BCUT2D eigenvalue weighted by Crippen LogP contribution is 2.19. The molecule has 0 spiro atoms. The van der Waals surface area contributed by atoms with Crippen molar-refractivity contribution in [3.8, 4) is 5.75 Å². The first-order chi connectivity index (χ1) is 14.7. The minimum Gasteiger partial charge on any atom is -0.485 e. The predicted octanol–water partition coefficient (Wildman–Crippen LogP) is 2.12. The molecule has 9 heteroatoms. The molecule has 4 rings (SSSR count). The molecule has 1 aliphatic heterocycles. The summed E-state index contributed by atoms with van der Waals surface area (Å²) in [4.78, 5) is 23.5. The molecule has 0 unspecified atom stereocenters. The minimum absolute atomic E-state index is 0.120. The van der Waals surface area contributed by atoms with E-state index in [2.05, 4.69) is 25.3 Å². The van der Waals surface area contributed by atoms with Crippen LogP contribution in [0, 0.1) is 6.92 Å². The molecule has 30 heavy (non-hydrogen) atoms. The molecule has 1 N–H and O–H groups in total. The first kappa shape index (κ1) is 19.8. The van der Waals surface area contributed by atoms with Gasteiger partial charge in [0.05, 0.1) is 18.8 Å². The molecule has 0 aliphatic carbocycles. The molecule has 0 bridgehead atoms. The summed E-state index contributed by atoms with van der Waals surface area (Å²) in [6, 6.07) is 11.0. The van der Waals surface area contributed by atoms with E-state index in [9.17, 15) is 4.79 Å². The topological polar surface area (TPSA) is 103 Å². The van der Waals surface area contributed by atoms with Crippen molar-refractivity contribution < 1.29 is 18.8 Å². The van der Waals surface area contributed by atoms with Crippen LogP contribution < -0.4 is 15.0 Å². The number of hydrogen-bond donors (Lipinski definition) is 1. The van der Waals surface area contributed by atoms with Crippen LogP contribution in [0.15, 0.2) is 47.1 Å². The Labute approximate surface area is 174 Å². The standard InChI is InChI=1S/C21H23N5O4/c1-15-24-19(25-30-15)14-29-18-5-3-2-4-17(18)21(27)23-13-16-6-7-20(22-12-16)26-8-10-28-11-9-26/h2-7,12H,8-11,13-14H2,1H3,(H,23,27). The third kappa shape index (κ3) is 4.93. The van der Waals surface area contributed by atoms with E-state index in [0.29, 0.717) is 42.8 Å². The molecule has 3 aromatic rings. The number of nitrogens with one attached hydrogen (secondary N) is 1. The van der Waals surface area contributed by atoms with Crippen LogP contribution in [-0.4, -0.2) is 47.3 Å². The molecule has 1 aliphatic rings. The van der Waals surface area contributed by atoms with Crippen molar-refractivity contribution in [1.82, 2.24) is 20.4 Å². The van der Waals surface area contributed by atoms with Crippen molar-refractivity contribution in [3.63, 3.8) is 0 Å². The number of carbonyl (C=O) groups is 1. The second-order valence-corrected chi connectivity index (χ2v) is 6.82. The van der Waals surface area contributed by atoms with Gasteiger partial charge < -0.3 is 24.2 Å². The number of benzene rings is 1. The van der Waals surface area contributed by atoms with Gasteiger partial charge >= 0.3 is 0 Å². The normalized spacial score (nSPS) is 13.8. The highest BCUT2D eigenvalue weighted by Gasteiger charge is 2.14. The van der Waals surface area contributed by atoms with Gasteiger partial charge in [-0.15, -0.1) is 0 Å². The molecule has 0 radical (unpaired) electrons. The van der Waals surface area contributed by atoms with E-state index in [0.717, 1.165) is 24.5 Å². The number of amides is 1. The summed E-state index contributed by atoms with van der Waals surface area (Å²) in [5.41, 5.74) is 1.36. The Kier molecular flexibility index (Phi) is 6.19. The van der Waals surface area contributed by atoms with Crippen LogP contribution in [0.2, 0.25) is 0 Å². The smallest absolute Gasteiger partial charge is 0.255 e. The summed E-state index contributed by atoms with van der Waals surface area (Å²) < 4.78 is 16.0. The molecule has 9 nitrogen and oxygen atoms in total. The molecule has 156 valence electrons. The minimum atomic E-state index is -0.229. The maximum atomic E-state index is 12.7. The summed E-state index contributed by atoms with van der Waals surface area (Å²) in [5.74, 6) is 2.04. The number of rotatable bonds is 7. The lowest BCUT2D eigenvalue weighted by molar-refractivity contribution is 0.0946. The Balaban J connectivity index is 1.34. The first-order valence-corrected chi connectivity index (χ1v) is 9.76. The van der Waals surface area contributed by atoms with E-state index in [1.807, 2.05) is 18.2 Å². The predicted molar refractivity (Wildman–Crippen MR) is 108 cm³/mol. The third-order valence-corrected chi connectivity index (χ3v) is 4.66. The summed E-state index contributed by atoms with van der Waals surface area (Å²) >= 11 is 0. The molecule has 2 aromatic heterocycles. The van der Waals surface area contributed by atoms with Crippen LogP contribution in [0.25, 0.3) is 0 Å². The van der Waals surface area contributed by atoms with Crippen molar-refractivity contribution in [1.29, 1.82) is 0 Å². The molecule has 0 atom stereocenters. The number of para-hydroxylation sites is 1.